The summed E-state index contributed by atoms with van der Waals surface area (Å²) in [5.74, 6) is 0.379. The second-order valence-corrected chi connectivity index (χ2v) is 6.96. The van der Waals surface area contributed by atoms with Gasteiger partial charge in [0.25, 0.3) is 0 Å². The molecular formula is C17H21BrN6O3. The van der Waals surface area contributed by atoms with Crippen molar-refractivity contribution >= 4 is 38.9 Å². The van der Waals surface area contributed by atoms with E-state index in [0.29, 0.717) is 12.2 Å². The molecular weight excluding hydrogens is 416 g/mol. The zero-order valence-corrected chi connectivity index (χ0v) is 16.3. The van der Waals surface area contributed by atoms with Crippen LogP contribution in [0.15, 0.2) is 35.1 Å². The number of nitrogens with one attached hydrogen (secondary N) is 2. The number of hydrogen-bond acceptors (Lipinski definition) is 8. The quantitative estimate of drug-likeness (QED) is 0.369. The maximum atomic E-state index is 11.6. The molecule has 1 saturated heterocycles. The number of aromatic nitrogens is 2. The fraction of sp³-hybridized carbons (Fsp3) is 0.412. The Kier molecular flexibility index (Phi) is 6.91. The first-order valence-corrected chi connectivity index (χ1v) is 9.49. The van der Waals surface area contributed by atoms with Crippen LogP contribution in [0, 0.1) is 10.1 Å². The number of ether oxygens (including phenoxy) is 1. The molecule has 0 amide bonds. The van der Waals surface area contributed by atoms with Crippen LogP contribution in [0.4, 0.5) is 23.0 Å². The summed E-state index contributed by atoms with van der Waals surface area (Å²) in [4.78, 5) is 21.5. The molecule has 2 heterocycles. The lowest BCUT2D eigenvalue weighted by atomic mass is 10.3. The van der Waals surface area contributed by atoms with Crippen LogP contribution >= 0.6 is 15.9 Å². The molecule has 0 atom stereocenters. The topological polar surface area (TPSA) is 105 Å². The van der Waals surface area contributed by atoms with Gasteiger partial charge in [-0.1, -0.05) is 15.9 Å². The molecule has 0 bridgehead atoms. The molecule has 1 aliphatic heterocycles. The zero-order valence-electron chi connectivity index (χ0n) is 14.7. The van der Waals surface area contributed by atoms with Crippen molar-refractivity contribution in [2.45, 2.75) is 6.42 Å². The third-order valence-corrected chi connectivity index (χ3v) is 4.69. The van der Waals surface area contributed by atoms with Gasteiger partial charge in [0.2, 0.25) is 11.6 Å². The molecule has 10 heteroatoms. The molecule has 2 aromatic rings. The minimum atomic E-state index is -0.467. The van der Waals surface area contributed by atoms with Gasteiger partial charge in [-0.15, -0.1) is 0 Å². The van der Waals surface area contributed by atoms with Crippen LogP contribution < -0.4 is 10.6 Å². The molecule has 1 aliphatic rings. The third-order valence-electron chi connectivity index (χ3n) is 4.16. The number of nitro groups is 1. The van der Waals surface area contributed by atoms with E-state index in [1.807, 2.05) is 24.3 Å². The maximum absolute atomic E-state index is 11.6. The van der Waals surface area contributed by atoms with Gasteiger partial charge in [-0.2, -0.15) is 0 Å². The van der Waals surface area contributed by atoms with Gasteiger partial charge in [0.1, 0.15) is 6.33 Å². The molecule has 1 aromatic carbocycles. The number of hydrogen-bond donors (Lipinski definition) is 2. The molecule has 0 aliphatic carbocycles. The predicted octanol–water partition coefficient (Wildman–Crippen LogP) is 3.03. The van der Waals surface area contributed by atoms with Gasteiger partial charge in [0, 0.05) is 29.8 Å². The van der Waals surface area contributed by atoms with Crippen LogP contribution in [-0.2, 0) is 4.74 Å². The van der Waals surface area contributed by atoms with Crippen LogP contribution in [0.3, 0.4) is 0 Å². The molecule has 0 unspecified atom stereocenters. The molecule has 144 valence electrons. The predicted molar refractivity (Wildman–Crippen MR) is 106 cm³/mol. The average Bonchev–Trinajstić information content (AvgIpc) is 2.68. The van der Waals surface area contributed by atoms with Gasteiger partial charge in [-0.3, -0.25) is 15.0 Å². The molecule has 9 nitrogen and oxygen atoms in total. The number of nitrogens with zero attached hydrogens (tertiary/aromatic N) is 4. The highest BCUT2D eigenvalue weighted by molar-refractivity contribution is 9.10. The van der Waals surface area contributed by atoms with Crippen molar-refractivity contribution in [1.82, 2.24) is 14.9 Å². The van der Waals surface area contributed by atoms with Gasteiger partial charge in [-0.25, -0.2) is 9.97 Å². The minimum Gasteiger partial charge on any atom is -0.379 e. The Morgan fingerprint density at radius 1 is 1.19 bits per heavy atom. The Bertz CT molecular complexity index is 768. The normalized spacial score (nSPS) is 14.7. The third kappa shape index (κ3) is 5.59. The largest absolute Gasteiger partial charge is 0.379 e. The van der Waals surface area contributed by atoms with Crippen molar-refractivity contribution in [1.29, 1.82) is 0 Å². The van der Waals surface area contributed by atoms with Crippen LogP contribution in [0.5, 0.6) is 0 Å². The van der Waals surface area contributed by atoms with Crippen LogP contribution in [0.2, 0.25) is 0 Å². The Labute approximate surface area is 165 Å². The minimum absolute atomic E-state index is 0.160. The Morgan fingerprint density at radius 2 is 1.89 bits per heavy atom. The zero-order chi connectivity index (χ0) is 19.1. The SMILES string of the molecule is O=[N+]([O-])c1c(NCCCN2CCOCC2)ncnc1Nc1ccc(Br)cc1. The first kappa shape index (κ1) is 19.5. The number of anilines is 3. The van der Waals surface area contributed by atoms with E-state index in [4.69, 9.17) is 4.74 Å². The number of halogens is 1. The summed E-state index contributed by atoms with van der Waals surface area (Å²) in [6.07, 6.45) is 2.18. The number of morpholine rings is 1. The molecule has 1 fully saturated rings. The highest BCUT2D eigenvalue weighted by Gasteiger charge is 2.23. The van der Waals surface area contributed by atoms with E-state index < -0.39 is 4.92 Å². The van der Waals surface area contributed by atoms with Crippen molar-refractivity contribution in [3.8, 4) is 0 Å². The van der Waals surface area contributed by atoms with Gasteiger partial charge in [0.05, 0.1) is 18.1 Å². The van der Waals surface area contributed by atoms with E-state index >= 15 is 0 Å². The highest BCUT2D eigenvalue weighted by atomic mass is 79.9. The standard InChI is InChI=1S/C17H21BrN6O3/c18-13-2-4-14(5-3-13)22-17-15(24(25)26)16(20-12-21-17)19-6-1-7-23-8-10-27-11-9-23/h2-5,12H,1,6-11H2,(H2,19,20,21,22). The molecule has 0 saturated carbocycles. The number of benzene rings is 1. The monoisotopic (exact) mass is 436 g/mol. The number of rotatable bonds is 8. The van der Waals surface area contributed by atoms with Crippen molar-refractivity contribution < 1.29 is 9.66 Å². The summed E-state index contributed by atoms with van der Waals surface area (Å²) >= 11 is 3.36. The van der Waals surface area contributed by atoms with Crippen molar-refractivity contribution in [2.24, 2.45) is 0 Å². The van der Waals surface area contributed by atoms with Crippen LogP contribution in [0.25, 0.3) is 0 Å². The molecule has 0 spiro atoms. The lowest BCUT2D eigenvalue weighted by molar-refractivity contribution is -0.383. The molecule has 1 aromatic heterocycles. The second-order valence-electron chi connectivity index (χ2n) is 6.04. The smallest absolute Gasteiger partial charge is 0.353 e. The lowest BCUT2D eigenvalue weighted by Gasteiger charge is -2.26. The van der Waals surface area contributed by atoms with Gasteiger partial charge in [-0.05, 0) is 37.2 Å². The summed E-state index contributed by atoms with van der Waals surface area (Å²) in [6, 6.07) is 7.32. The summed E-state index contributed by atoms with van der Waals surface area (Å²) < 4.78 is 6.25. The molecule has 27 heavy (non-hydrogen) atoms. The molecule has 2 N–H and O–H groups in total. The maximum Gasteiger partial charge on any atom is 0.353 e. The fourth-order valence-corrected chi connectivity index (χ4v) is 3.04. The van der Waals surface area contributed by atoms with E-state index in [2.05, 4.69) is 41.4 Å². The van der Waals surface area contributed by atoms with E-state index in [-0.39, 0.29) is 17.3 Å². The van der Waals surface area contributed by atoms with Gasteiger partial charge >= 0.3 is 5.69 Å². The fourth-order valence-electron chi connectivity index (χ4n) is 2.78. The van der Waals surface area contributed by atoms with Gasteiger partial charge in [0.15, 0.2) is 0 Å². The van der Waals surface area contributed by atoms with Crippen molar-refractivity contribution in [3.05, 3.63) is 45.2 Å². The van der Waals surface area contributed by atoms with Crippen LogP contribution in [-0.4, -0.2) is 59.2 Å². The highest BCUT2D eigenvalue weighted by Crippen LogP contribution is 2.31. The summed E-state index contributed by atoms with van der Waals surface area (Å²) in [5, 5.41) is 17.6. The van der Waals surface area contributed by atoms with Crippen molar-refractivity contribution in [3.63, 3.8) is 0 Å². The first-order valence-electron chi connectivity index (χ1n) is 8.69. The average molecular weight is 437 g/mol. The summed E-state index contributed by atoms with van der Waals surface area (Å²) in [5.41, 5.74) is 0.546. The molecule has 0 radical (unpaired) electrons. The summed E-state index contributed by atoms with van der Waals surface area (Å²) in [6.45, 7) is 4.88. The Morgan fingerprint density at radius 3 is 2.59 bits per heavy atom. The molecule has 3 rings (SSSR count). The summed E-state index contributed by atoms with van der Waals surface area (Å²) in [7, 11) is 0. The Balaban J connectivity index is 1.63. The van der Waals surface area contributed by atoms with Gasteiger partial charge < -0.3 is 15.4 Å². The van der Waals surface area contributed by atoms with E-state index in [0.717, 1.165) is 43.7 Å². The van der Waals surface area contributed by atoms with Crippen LogP contribution in [0.1, 0.15) is 6.42 Å². The van der Waals surface area contributed by atoms with E-state index in [9.17, 15) is 10.1 Å². The van der Waals surface area contributed by atoms with Crippen molar-refractivity contribution in [2.75, 3.05) is 50.0 Å². The Hall–Kier alpha value is -2.30. The van der Waals surface area contributed by atoms with E-state index in [1.54, 1.807) is 0 Å². The van der Waals surface area contributed by atoms with E-state index in [1.165, 1.54) is 6.33 Å². The first-order chi connectivity index (χ1) is 13.1. The lowest BCUT2D eigenvalue weighted by Crippen LogP contribution is -2.37. The second kappa shape index (κ2) is 9.58.